The topological polar surface area (TPSA) is 85.4 Å². The maximum Gasteiger partial charge on any atom is 0.274 e. The molecule has 1 heterocycles. The molecule has 0 saturated heterocycles. The normalized spacial score (nSPS) is 10.7. The number of hydrogen-bond donors (Lipinski definition) is 2. The molecule has 0 saturated carbocycles. The maximum atomic E-state index is 12.5. The monoisotopic (exact) mass is 358 g/mol. The second kappa shape index (κ2) is 9.72. The molecule has 1 aromatic heterocycles. The van der Waals surface area contributed by atoms with Crippen molar-refractivity contribution in [3.8, 4) is 5.75 Å². The molecule has 0 fully saturated rings. The van der Waals surface area contributed by atoms with Gasteiger partial charge in [-0.1, -0.05) is 0 Å². The zero-order valence-electron chi connectivity index (χ0n) is 15.7. The van der Waals surface area contributed by atoms with E-state index in [-0.39, 0.29) is 12.0 Å². The quantitative estimate of drug-likeness (QED) is 0.669. The highest BCUT2D eigenvalue weighted by molar-refractivity contribution is 6.03. The van der Waals surface area contributed by atoms with Gasteiger partial charge in [0.1, 0.15) is 23.1 Å². The minimum absolute atomic E-state index is 0.106. The minimum Gasteiger partial charge on any atom is -0.491 e. The van der Waals surface area contributed by atoms with Crippen LogP contribution in [0.1, 0.15) is 36.6 Å². The molecule has 26 heavy (non-hydrogen) atoms. The Kier molecular flexibility index (Phi) is 7.35. The summed E-state index contributed by atoms with van der Waals surface area (Å²) in [5, 5.41) is 6.01. The summed E-state index contributed by atoms with van der Waals surface area (Å²) < 4.78 is 10.6. The molecular weight excluding hydrogens is 332 g/mol. The first kappa shape index (κ1) is 19.7. The summed E-state index contributed by atoms with van der Waals surface area (Å²) in [6.45, 7) is 7.07. The summed E-state index contributed by atoms with van der Waals surface area (Å²) in [4.78, 5) is 21.0. The van der Waals surface area contributed by atoms with Crippen molar-refractivity contribution in [1.82, 2.24) is 9.97 Å². The molecule has 0 aliphatic heterocycles. The van der Waals surface area contributed by atoms with Crippen LogP contribution in [0.4, 0.5) is 11.5 Å². The summed E-state index contributed by atoms with van der Waals surface area (Å²) in [6, 6.07) is 8.89. The Hall–Kier alpha value is -2.67. The van der Waals surface area contributed by atoms with Crippen LogP contribution in [0.2, 0.25) is 0 Å². The molecule has 0 aliphatic carbocycles. The van der Waals surface area contributed by atoms with E-state index in [0.717, 1.165) is 12.2 Å². The summed E-state index contributed by atoms with van der Waals surface area (Å²) in [5.41, 5.74) is 0.992. The largest absolute Gasteiger partial charge is 0.491 e. The van der Waals surface area contributed by atoms with E-state index in [9.17, 15) is 4.79 Å². The van der Waals surface area contributed by atoms with Crippen LogP contribution in [0.25, 0.3) is 0 Å². The predicted octanol–water partition coefficient (Wildman–Crippen LogP) is 3.27. The van der Waals surface area contributed by atoms with Crippen molar-refractivity contribution < 1.29 is 14.3 Å². The van der Waals surface area contributed by atoms with Crippen LogP contribution >= 0.6 is 0 Å². The van der Waals surface area contributed by atoms with Gasteiger partial charge in [-0.2, -0.15) is 0 Å². The summed E-state index contributed by atoms with van der Waals surface area (Å²) in [7, 11) is 1.67. The Morgan fingerprint density at radius 1 is 1.19 bits per heavy atom. The van der Waals surface area contributed by atoms with Gasteiger partial charge in [0.25, 0.3) is 5.91 Å². The number of carbonyl (C=O) groups excluding carboxylic acids is 1. The molecule has 0 spiro atoms. The standard InChI is InChI=1S/C19H26N4O3/c1-13(2)26-16-8-6-15(7-9-16)23-19(24)17-12-18(22-14(3)21-17)20-10-5-11-25-4/h6-9,12-13H,5,10-11H2,1-4H3,(H,23,24)(H,20,21,22). The van der Waals surface area contributed by atoms with Gasteiger partial charge in [0, 0.05) is 32.0 Å². The molecular formula is C19H26N4O3. The number of anilines is 2. The molecule has 2 rings (SSSR count). The third-order valence-electron chi connectivity index (χ3n) is 3.39. The zero-order valence-corrected chi connectivity index (χ0v) is 15.7. The van der Waals surface area contributed by atoms with Crippen molar-refractivity contribution in [2.45, 2.75) is 33.3 Å². The van der Waals surface area contributed by atoms with Crippen LogP contribution in [-0.2, 0) is 4.74 Å². The molecule has 140 valence electrons. The lowest BCUT2D eigenvalue weighted by atomic mass is 10.2. The first-order valence-electron chi connectivity index (χ1n) is 8.64. The Balaban J connectivity index is 2.00. The van der Waals surface area contributed by atoms with Gasteiger partial charge >= 0.3 is 0 Å². The lowest BCUT2D eigenvalue weighted by molar-refractivity contribution is 0.102. The SMILES string of the molecule is COCCCNc1cc(C(=O)Nc2ccc(OC(C)C)cc2)nc(C)n1. The molecule has 1 amide bonds. The molecule has 0 unspecified atom stereocenters. The molecule has 7 nitrogen and oxygen atoms in total. The van der Waals surface area contributed by atoms with Gasteiger partial charge < -0.3 is 20.1 Å². The fourth-order valence-corrected chi connectivity index (χ4v) is 2.29. The Morgan fingerprint density at radius 3 is 2.58 bits per heavy atom. The van der Waals surface area contributed by atoms with E-state index in [1.807, 2.05) is 26.0 Å². The molecule has 1 aromatic carbocycles. The average Bonchev–Trinajstić information content (AvgIpc) is 2.59. The molecule has 2 N–H and O–H groups in total. The number of hydrogen-bond acceptors (Lipinski definition) is 6. The Labute approximate surface area is 154 Å². The number of aromatic nitrogens is 2. The zero-order chi connectivity index (χ0) is 18.9. The second-order valence-electron chi connectivity index (χ2n) is 6.10. The number of ether oxygens (including phenoxy) is 2. The first-order chi connectivity index (χ1) is 12.5. The number of aryl methyl sites for hydroxylation is 1. The van der Waals surface area contributed by atoms with Crippen LogP contribution in [0.3, 0.4) is 0 Å². The molecule has 0 bridgehead atoms. The van der Waals surface area contributed by atoms with Crippen molar-refractivity contribution in [3.63, 3.8) is 0 Å². The third kappa shape index (κ3) is 6.33. The summed E-state index contributed by atoms with van der Waals surface area (Å²) in [5.74, 6) is 1.64. The van der Waals surface area contributed by atoms with Crippen molar-refractivity contribution >= 4 is 17.4 Å². The van der Waals surface area contributed by atoms with Gasteiger partial charge in [-0.25, -0.2) is 9.97 Å². The average molecular weight is 358 g/mol. The number of amides is 1. The highest BCUT2D eigenvalue weighted by atomic mass is 16.5. The number of carbonyl (C=O) groups is 1. The van der Waals surface area contributed by atoms with E-state index < -0.39 is 0 Å². The number of nitrogens with zero attached hydrogens (tertiary/aromatic N) is 2. The highest BCUT2D eigenvalue weighted by Gasteiger charge is 2.11. The fraction of sp³-hybridized carbons (Fsp3) is 0.421. The molecule has 2 aromatic rings. The van der Waals surface area contributed by atoms with Crippen LogP contribution in [0, 0.1) is 6.92 Å². The van der Waals surface area contributed by atoms with E-state index in [2.05, 4.69) is 20.6 Å². The Morgan fingerprint density at radius 2 is 1.92 bits per heavy atom. The smallest absolute Gasteiger partial charge is 0.274 e. The van der Waals surface area contributed by atoms with Gasteiger partial charge in [0.2, 0.25) is 0 Å². The van der Waals surface area contributed by atoms with Gasteiger partial charge in [-0.15, -0.1) is 0 Å². The van der Waals surface area contributed by atoms with Crippen molar-refractivity contribution in [3.05, 3.63) is 41.9 Å². The van der Waals surface area contributed by atoms with Crippen molar-refractivity contribution in [1.29, 1.82) is 0 Å². The second-order valence-corrected chi connectivity index (χ2v) is 6.10. The highest BCUT2D eigenvalue weighted by Crippen LogP contribution is 2.18. The van der Waals surface area contributed by atoms with E-state index >= 15 is 0 Å². The van der Waals surface area contributed by atoms with Crippen LogP contribution in [0.15, 0.2) is 30.3 Å². The van der Waals surface area contributed by atoms with Crippen molar-refractivity contribution in [2.24, 2.45) is 0 Å². The number of nitrogens with one attached hydrogen (secondary N) is 2. The van der Waals surface area contributed by atoms with Gasteiger partial charge in [-0.3, -0.25) is 4.79 Å². The van der Waals surface area contributed by atoms with Crippen LogP contribution < -0.4 is 15.4 Å². The maximum absolute atomic E-state index is 12.5. The lowest BCUT2D eigenvalue weighted by Crippen LogP contribution is -2.16. The van der Waals surface area contributed by atoms with E-state index in [1.165, 1.54) is 0 Å². The molecule has 0 aliphatic rings. The third-order valence-corrected chi connectivity index (χ3v) is 3.39. The first-order valence-corrected chi connectivity index (χ1v) is 8.64. The van der Waals surface area contributed by atoms with Crippen molar-refractivity contribution in [2.75, 3.05) is 30.9 Å². The van der Waals surface area contributed by atoms with Crippen LogP contribution in [-0.4, -0.2) is 42.2 Å². The fourth-order valence-electron chi connectivity index (χ4n) is 2.29. The predicted molar refractivity (Wildman–Crippen MR) is 102 cm³/mol. The summed E-state index contributed by atoms with van der Waals surface area (Å²) in [6.07, 6.45) is 0.959. The van der Waals surface area contributed by atoms with Gasteiger partial charge in [0.05, 0.1) is 6.10 Å². The number of rotatable bonds is 9. The van der Waals surface area contributed by atoms with Crippen LogP contribution in [0.5, 0.6) is 5.75 Å². The van der Waals surface area contributed by atoms with Gasteiger partial charge in [-0.05, 0) is 51.5 Å². The van der Waals surface area contributed by atoms with E-state index in [4.69, 9.17) is 9.47 Å². The molecule has 0 atom stereocenters. The van der Waals surface area contributed by atoms with E-state index in [0.29, 0.717) is 36.2 Å². The molecule has 0 radical (unpaired) electrons. The summed E-state index contributed by atoms with van der Waals surface area (Å²) >= 11 is 0. The number of methoxy groups -OCH3 is 1. The number of benzene rings is 1. The Bertz CT molecular complexity index is 717. The minimum atomic E-state index is -0.284. The van der Waals surface area contributed by atoms with E-state index in [1.54, 1.807) is 32.2 Å². The van der Waals surface area contributed by atoms with Gasteiger partial charge in [0.15, 0.2) is 0 Å². The molecule has 7 heteroatoms. The lowest BCUT2D eigenvalue weighted by Gasteiger charge is -2.11.